The summed E-state index contributed by atoms with van der Waals surface area (Å²) in [5.41, 5.74) is -0.507. The highest BCUT2D eigenvalue weighted by molar-refractivity contribution is 6.83. The Bertz CT molecular complexity index is 205. The van der Waals surface area contributed by atoms with Crippen molar-refractivity contribution in [3.8, 4) is 0 Å². The van der Waals surface area contributed by atoms with Crippen LogP contribution in [0.15, 0.2) is 0 Å². The van der Waals surface area contributed by atoms with Crippen LogP contribution in [-0.2, 0) is 14.3 Å². The van der Waals surface area contributed by atoms with Crippen molar-refractivity contribution in [1.82, 2.24) is 0 Å². The second-order valence-electron chi connectivity index (χ2n) is 4.16. The summed E-state index contributed by atoms with van der Waals surface area (Å²) < 4.78 is 4.87. The second-order valence-corrected chi connectivity index (χ2v) is 9.47. The minimum absolute atomic E-state index is 0.0717. The topological polar surface area (TPSA) is 43.4 Å². The normalized spacial score (nSPS) is 13.6. The van der Waals surface area contributed by atoms with Crippen molar-refractivity contribution in [3.63, 3.8) is 0 Å². The third kappa shape index (κ3) is 3.72. The van der Waals surface area contributed by atoms with Crippen molar-refractivity contribution in [2.75, 3.05) is 6.61 Å². The molecule has 3 nitrogen and oxygen atoms in total. The highest BCUT2D eigenvalue weighted by Gasteiger charge is 2.37. The van der Waals surface area contributed by atoms with Gasteiger partial charge in [0.15, 0.2) is 0 Å². The highest BCUT2D eigenvalue weighted by Crippen LogP contribution is 2.24. The fraction of sp³-hybridized carbons (Fsp3) is 0.778. The van der Waals surface area contributed by atoms with E-state index in [0.29, 0.717) is 6.61 Å². The molecule has 76 valence electrons. The molecule has 0 aliphatic rings. The van der Waals surface area contributed by atoms with Crippen molar-refractivity contribution in [3.05, 3.63) is 0 Å². The van der Waals surface area contributed by atoms with Crippen molar-refractivity contribution >= 4 is 19.8 Å². The number of esters is 1. The zero-order valence-electron chi connectivity index (χ0n) is 9.01. The second kappa shape index (κ2) is 4.55. The fourth-order valence-electron chi connectivity index (χ4n) is 1.35. The Morgan fingerprint density at radius 1 is 1.31 bits per heavy atom. The first-order valence-corrected chi connectivity index (χ1v) is 8.05. The first-order valence-electron chi connectivity index (χ1n) is 4.47. The van der Waals surface area contributed by atoms with E-state index in [2.05, 4.69) is 0 Å². The molecular formula is C9H18O3Si. The van der Waals surface area contributed by atoms with Crippen molar-refractivity contribution < 1.29 is 14.3 Å². The number of carbonyl (C=O) groups excluding carboxylic acids is 2. The van der Waals surface area contributed by atoms with E-state index in [1.54, 1.807) is 6.92 Å². The van der Waals surface area contributed by atoms with Gasteiger partial charge < -0.3 is 4.74 Å². The number of carbonyl (C=O) groups is 2. The number of ether oxygens (including phenoxy) is 1. The number of hydrogen-bond donors (Lipinski definition) is 0. The number of Topliss-reactive ketones (excluding diaryl/α,β-unsaturated/α-hetero) is 1. The molecule has 0 heterocycles. The molecule has 0 N–H and O–H groups in total. The molecule has 0 aliphatic heterocycles. The van der Waals surface area contributed by atoms with Crippen LogP contribution in [0, 0.1) is 0 Å². The van der Waals surface area contributed by atoms with Crippen LogP contribution in [-0.4, -0.2) is 26.4 Å². The van der Waals surface area contributed by atoms with Crippen LogP contribution in [0.1, 0.15) is 13.8 Å². The van der Waals surface area contributed by atoms with Gasteiger partial charge in [-0.2, -0.15) is 0 Å². The molecule has 0 rings (SSSR count). The standard InChI is InChI=1S/C9H18O3Si/c1-6-12-9(11)8(7(2)10)13(3,4)5/h8H,6H2,1-5H3. The lowest BCUT2D eigenvalue weighted by molar-refractivity contribution is -0.145. The summed E-state index contributed by atoms with van der Waals surface area (Å²) in [6, 6.07) is 0. The molecule has 0 saturated heterocycles. The summed E-state index contributed by atoms with van der Waals surface area (Å²) in [7, 11) is -1.77. The van der Waals surface area contributed by atoms with E-state index in [4.69, 9.17) is 4.74 Å². The lowest BCUT2D eigenvalue weighted by Gasteiger charge is -2.24. The zero-order valence-corrected chi connectivity index (χ0v) is 10.0. The number of rotatable bonds is 4. The molecule has 0 saturated carbocycles. The molecule has 0 fully saturated rings. The summed E-state index contributed by atoms with van der Waals surface area (Å²) >= 11 is 0. The van der Waals surface area contributed by atoms with Crippen molar-refractivity contribution in [2.45, 2.75) is 39.0 Å². The van der Waals surface area contributed by atoms with Gasteiger partial charge in [-0.25, -0.2) is 0 Å². The maximum absolute atomic E-state index is 11.4. The van der Waals surface area contributed by atoms with Gasteiger partial charge in [0.25, 0.3) is 0 Å². The Labute approximate surface area is 80.5 Å². The van der Waals surface area contributed by atoms with Crippen LogP contribution in [0.3, 0.4) is 0 Å². The monoisotopic (exact) mass is 202 g/mol. The Kier molecular flexibility index (Phi) is 4.33. The lowest BCUT2D eigenvalue weighted by atomic mass is 10.3. The summed E-state index contributed by atoms with van der Waals surface area (Å²) in [4.78, 5) is 22.7. The van der Waals surface area contributed by atoms with Gasteiger partial charge in [0.05, 0.1) is 14.7 Å². The smallest absolute Gasteiger partial charge is 0.313 e. The van der Waals surface area contributed by atoms with Crippen LogP contribution in [0.5, 0.6) is 0 Å². The average molecular weight is 202 g/mol. The maximum Gasteiger partial charge on any atom is 0.313 e. The van der Waals surface area contributed by atoms with Gasteiger partial charge in [-0.15, -0.1) is 0 Å². The van der Waals surface area contributed by atoms with Crippen LogP contribution >= 0.6 is 0 Å². The van der Waals surface area contributed by atoms with Crippen LogP contribution in [0.2, 0.25) is 25.2 Å². The van der Waals surface area contributed by atoms with Crippen LogP contribution in [0.4, 0.5) is 0 Å². The quantitative estimate of drug-likeness (QED) is 0.397. The molecule has 1 unspecified atom stereocenters. The van der Waals surface area contributed by atoms with Gasteiger partial charge in [0.1, 0.15) is 11.3 Å². The zero-order chi connectivity index (χ0) is 10.6. The third-order valence-corrected chi connectivity index (χ3v) is 4.17. The summed E-state index contributed by atoms with van der Waals surface area (Å²) in [6.07, 6.45) is 0. The van der Waals surface area contributed by atoms with Crippen molar-refractivity contribution in [1.29, 1.82) is 0 Å². The molecule has 0 bridgehead atoms. The van der Waals surface area contributed by atoms with Gasteiger partial charge in [-0.1, -0.05) is 19.6 Å². The van der Waals surface area contributed by atoms with Gasteiger partial charge >= 0.3 is 5.97 Å². The first kappa shape index (κ1) is 12.4. The van der Waals surface area contributed by atoms with Gasteiger partial charge in [0.2, 0.25) is 0 Å². The Morgan fingerprint density at radius 3 is 2.00 bits per heavy atom. The fourth-order valence-corrected chi connectivity index (χ4v) is 3.36. The summed E-state index contributed by atoms with van der Waals surface area (Å²) in [6.45, 7) is 9.54. The van der Waals surface area contributed by atoms with Gasteiger partial charge in [-0.05, 0) is 13.8 Å². The number of hydrogen-bond acceptors (Lipinski definition) is 3. The van der Waals surface area contributed by atoms with E-state index in [0.717, 1.165) is 0 Å². The van der Waals surface area contributed by atoms with Crippen LogP contribution < -0.4 is 0 Å². The van der Waals surface area contributed by atoms with E-state index < -0.39 is 13.6 Å². The van der Waals surface area contributed by atoms with E-state index in [9.17, 15) is 9.59 Å². The molecule has 1 atom stereocenters. The Morgan fingerprint density at radius 2 is 1.77 bits per heavy atom. The summed E-state index contributed by atoms with van der Waals surface area (Å²) in [5, 5.41) is 0. The molecule has 0 aromatic heterocycles. The molecule has 0 amide bonds. The third-order valence-electron chi connectivity index (χ3n) is 1.79. The maximum atomic E-state index is 11.4. The van der Waals surface area contributed by atoms with Crippen molar-refractivity contribution in [2.24, 2.45) is 0 Å². The molecular weight excluding hydrogens is 184 g/mol. The molecule has 0 aromatic carbocycles. The van der Waals surface area contributed by atoms with E-state index in [1.165, 1.54) is 6.92 Å². The lowest BCUT2D eigenvalue weighted by Crippen LogP contribution is -2.39. The molecule has 4 heteroatoms. The average Bonchev–Trinajstić information content (AvgIpc) is 1.82. The molecule has 0 aliphatic carbocycles. The van der Waals surface area contributed by atoms with E-state index in [1.807, 2.05) is 19.6 Å². The van der Waals surface area contributed by atoms with E-state index in [-0.39, 0.29) is 11.8 Å². The Balaban J connectivity index is 4.63. The van der Waals surface area contributed by atoms with Gasteiger partial charge in [0, 0.05) is 0 Å². The molecule has 13 heavy (non-hydrogen) atoms. The largest absolute Gasteiger partial charge is 0.466 e. The van der Waals surface area contributed by atoms with Gasteiger partial charge in [-0.3, -0.25) is 9.59 Å². The molecule has 0 aromatic rings. The minimum Gasteiger partial charge on any atom is -0.466 e. The number of ketones is 1. The molecule has 0 radical (unpaired) electrons. The molecule has 0 spiro atoms. The predicted octanol–water partition coefficient (Wildman–Crippen LogP) is 1.85. The van der Waals surface area contributed by atoms with Crippen LogP contribution in [0.25, 0.3) is 0 Å². The highest BCUT2D eigenvalue weighted by atomic mass is 28.3. The summed E-state index contributed by atoms with van der Waals surface area (Å²) in [5.74, 6) is -0.424. The first-order chi connectivity index (χ1) is 5.80. The SMILES string of the molecule is CCOC(=O)C(C(C)=O)[Si](C)(C)C. The van der Waals surface area contributed by atoms with E-state index >= 15 is 0 Å². The Hall–Kier alpha value is -0.643. The predicted molar refractivity (Wildman–Crippen MR) is 54.4 cm³/mol. The minimum atomic E-state index is -1.77.